The molecule has 3 heterocycles. The van der Waals surface area contributed by atoms with Gasteiger partial charge < -0.3 is 18.8 Å². The fourth-order valence-corrected chi connectivity index (χ4v) is 3.05. The van der Waals surface area contributed by atoms with Crippen LogP contribution in [-0.4, -0.2) is 25.6 Å². The first-order valence-electron chi connectivity index (χ1n) is 8.88. The molecule has 0 atom stereocenters. The van der Waals surface area contributed by atoms with Crippen LogP contribution >= 0.6 is 0 Å². The minimum Gasteiger partial charge on any atom is -0.459 e. The van der Waals surface area contributed by atoms with Crippen LogP contribution in [0.4, 0.5) is 5.69 Å². The summed E-state index contributed by atoms with van der Waals surface area (Å²) in [6, 6.07) is 16.2. The van der Waals surface area contributed by atoms with E-state index in [0.717, 1.165) is 16.6 Å². The van der Waals surface area contributed by atoms with Gasteiger partial charge >= 0.3 is 0 Å². The van der Waals surface area contributed by atoms with Crippen LogP contribution in [0, 0.1) is 0 Å². The van der Waals surface area contributed by atoms with E-state index in [1.807, 2.05) is 35.9 Å². The van der Waals surface area contributed by atoms with Gasteiger partial charge in [0.15, 0.2) is 5.76 Å². The Morgan fingerprint density at radius 2 is 2.00 bits per heavy atom. The summed E-state index contributed by atoms with van der Waals surface area (Å²) in [4.78, 5) is 21.0. The smallest absolute Gasteiger partial charge is 0.291 e. The van der Waals surface area contributed by atoms with Crippen LogP contribution in [0.15, 0.2) is 76.1 Å². The van der Waals surface area contributed by atoms with Gasteiger partial charge in [0.05, 0.1) is 23.6 Å². The quantitative estimate of drug-likeness (QED) is 0.499. The van der Waals surface area contributed by atoms with Gasteiger partial charge in [-0.25, -0.2) is 4.98 Å². The highest BCUT2D eigenvalue weighted by molar-refractivity contribution is 6.02. The fraction of sp³-hybridized carbons (Fsp3) is 0.0476. The number of benzene rings is 2. The van der Waals surface area contributed by atoms with E-state index in [0.29, 0.717) is 23.0 Å². The summed E-state index contributed by atoms with van der Waals surface area (Å²) >= 11 is 0. The van der Waals surface area contributed by atoms with Crippen LogP contribution in [0.25, 0.3) is 33.9 Å². The Bertz CT molecular complexity index is 1320. The molecule has 1 amide bonds. The number of aromatic nitrogens is 4. The fourth-order valence-electron chi connectivity index (χ4n) is 3.05. The van der Waals surface area contributed by atoms with Gasteiger partial charge in [-0.1, -0.05) is 11.2 Å². The lowest BCUT2D eigenvalue weighted by molar-refractivity contribution is 0.0996. The molecule has 0 saturated carbocycles. The van der Waals surface area contributed by atoms with E-state index in [1.165, 1.54) is 6.26 Å². The predicted molar refractivity (Wildman–Crippen MR) is 106 cm³/mol. The molecule has 0 spiro atoms. The lowest BCUT2D eigenvalue weighted by Gasteiger charge is -2.04. The first-order valence-corrected chi connectivity index (χ1v) is 8.88. The third-order valence-electron chi connectivity index (χ3n) is 4.52. The van der Waals surface area contributed by atoms with Crippen molar-refractivity contribution in [3.05, 3.63) is 72.9 Å². The van der Waals surface area contributed by atoms with Gasteiger partial charge in [0.1, 0.15) is 0 Å². The van der Waals surface area contributed by atoms with Gasteiger partial charge in [-0.15, -0.1) is 0 Å². The van der Waals surface area contributed by atoms with Crippen LogP contribution in [0.3, 0.4) is 0 Å². The summed E-state index contributed by atoms with van der Waals surface area (Å²) < 4.78 is 12.5. The van der Waals surface area contributed by atoms with E-state index in [1.54, 1.807) is 36.7 Å². The average Bonchev–Trinajstić information content (AvgIpc) is 3.50. The Morgan fingerprint density at radius 3 is 2.86 bits per heavy atom. The Balaban J connectivity index is 1.42. The van der Waals surface area contributed by atoms with Crippen molar-refractivity contribution >= 4 is 22.6 Å². The van der Waals surface area contributed by atoms with E-state index < -0.39 is 0 Å². The molecular weight excluding hydrogens is 370 g/mol. The van der Waals surface area contributed by atoms with E-state index in [-0.39, 0.29) is 11.7 Å². The lowest BCUT2D eigenvalue weighted by Crippen LogP contribution is -2.10. The van der Waals surface area contributed by atoms with Crippen molar-refractivity contribution < 1.29 is 13.7 Å². The molecule has 0 unspecified atom stereocenters. The number of anilines is 1. The summed E-state index contributed by atoms with van der Waals surface area (Å²) in [6.45, 7) is 0. The molecule has 2 aromatic carbocycles. The minimum atomic E-state index is -0.331. The third kappa shape index (κ3) is 3.16. The van der Waals surface area contributed by atoms with Crippen molar-refractivity contribution in [1.82, 2.24) is 19.7 Å². The standard InChI is InChI=1S/C21H15N5O3/c1-26-12-22-16-8-7-13(11-17(16)26)19-24-21(29-25-19)14-4-2-5-15(10-14)23-20(27)18-6-3-9-28-18/h2-12H,1H3,(H,23,27). The molecule has 0 radical (unpaired) electrons. The van der Waals surface area contributed by atoms with Gasteiger partial charge in [0, 0.05) is 23.9 Å². The molecule has 8 heteroatoms. The number of amides is 1. The highest BCUT2D eigenvalue weighted by atomic mass is 16.5. The predicted octanol–water partition coefficient (Wildman–Crippen LogP) is 4.14. The maximum atomic E-state index is 12.2. The zero-order valence-corrected chi connectivity index (χ0v) is 15.4. The van der Waals surface area contributed by atoms with Crippen LogP contribution in [0.1, 0.15) is 10.6 Å². The Hall–Kier alpha value is -4.20. The van der Waals surface area contributed by atoms with Crippen LogP contribution in [0.5, 0.6) is 0 Å². The van der Waals surface area contributed by atoms with Crippen molar-refractivity contribution in [2.24, 2.45) is 7.05 Å². The normalized spacial score (nSPS) is 11.1. The molecule has 5 aromatic rings. The van der Waals surface area contributed by atoms with Crippen LogP contribution in [0.2, 0.25) is 0 Å². The van der Waals surface area contributed by atoms with Gasteiger partial charge in [0.2, 0.25) is 5.82 Å². The number of rotatable bonds is 4. The van der Waals surface area contributed by atoms with E-state index in [2.05, 4.69) is 20.4 Å². The number of nitrogens with one attached hydrogen (secondary N) is 1. The Labute approximate surface area is 164 Å². The maximum absolute atomic E-state index is 12.2. The molecular formula is C21H15N5O3. The summed E-state index contributed by atoms with van der Waals surface area (Å²) in [7, 11) is 1.93. The third-order valence-corrected chi connectivity index (χ3v) is 4.52. The summed E-state index contributed by atoms with van der Waals surface area (Å²) in [6.07, 6.45) is 3.22. The minimum absolute atomic E-state index is 0.237. The zero-order valence-electron chi connectivity index (χ0n) is 15.4. The molecule has 0 fully saturated rings. The van der Waals surface area contributed by atoms with Crippen molar-refractivity contribution in [2.45, 2.75) is 0 Å². The second-order valence-electron chi connectivity index (χ2n) is 6.49. The monoisotopic (exact) mass is 385 g/mol. The highest BCUT2D eigenvalue weighted by Gasteiger charge is 2.14. The van der Waals surface area contributed by atoms with Gasteiger partial charge in [-0.05, 0) is 48.5 Å². The number of hydrogen-bond donors (Lipinski definition) is 1. The zero-order chi connectivity index (χ0) is 19.8. The summed E-state index contributed by atoms with van der Waals surface area (Å²) in [5.74, 6) is 0.746. The number of imidazole rings is 1. The Morgan fingerprint density at radius 1 is 1.07 bits per heavy atom. The number of furan rings is 1. The second kappa shape index (κ2) is 6.75. The van der Waals surface area contributed by atoms with Gasteiger partial charge in [-0.3, -0.25) is 4.79 Å². The number of carbonyl (C=O) groups is 1. The SMILES string of the molecule is Cn1cnc2ccc(-c3noc(-c4cccc(NC(=O)c5ccco5)c4)n3)cc21. The number of nitrogens with zero attached hydrogens (tertiary/aromatic N) is 4. The molecule has 5 rings (SSSR count). The number of hydrogen-bond acceptors (Lipinski definition) is 6. The van der Waals surface area contributed by atoms with Crippen molar-refractivity contribution in [3.8, 4) is 22.8 Å². The molecule has 0 saturated heterocycles. The summed E-state index contributed by atoms with van der Waals surface area (Å²) in [5.41, 5.74) is 4.01. The Kier molecular flexibility index (Phi) is 3.94. The van der Waals surface area contributed by atoms with E-state index in [9.17, 15) is 4.79 Å². The summed E-state index contributed by atoms with van der Waals surface area (Å²) in [5, 5.41) is 6.88. The molecule has 142 valence electrons. The molecule has 1 N–H and O–H groups in total. The molecule has 8 nitrogen and oxygen atoms in total. The van der Waals surface area contributed by atoms with E-state index >= 15 is 0 Å². The topological polar surface area (TPSA) is 99.0 Å². The average molecular weight is 385 g/mol. The molecule has 0 aliphatic heterocycles. The first-order chi connectivity index (χ1) is 14.2. The second-order valence-corrected chi connectivity index (χ2v) is 6.49. The first kappa shape index (κ1) is 16.9. The molecule has 3 aromatic heterocycles. The number of fused-ring (bicyclic) bond motifs is 1. The largest absolute Gasteiger partial charge is 0.459 e. The molecule has 29 heavy (non-hydrogen) atoms. The molecule has 0 aliphatic rings. The van der Waals surface area contributed by atoms with Gasteiger partial charge in [0.25, 0.3) is 11.8 Å². The van der Waals surface area contributed by atoms with Crippen molar-refractivity contribution in [3.63, 3.8) is 0 Å². The van der Waals surface area contributed by atoms with Crippen molar-refractivity contribution in [1.29, 1.82) is 0 Å². The number of carbonyl (C=O) groups excluding carboxylic acids is 1. The maximum Gasteiger partial charge on any atom is 0.291 e. The van der Waals surface area contributed by atoms with Crippen LogP contribution in [-0.2, 0) is 7.05 Å². The lowest BCUT2D eigenvalue weighted by atomic mass is 10.2. The van der Waals surface area contributed by atoms with Crippen LogP contribution < -0.4 is 5.32 Å². The number of aryl methyl sites for hydroxylation is 1. The van der Waals surface area contributed by atoms with Gasteiger partial charge in [-0.2, -0.15) is 4.98 Å². The van der Waals surface area contributed by atoms with E-state index in [4.69, 9.17) is 8.94 Å². The molecule has 0 aliphatic carbocycles. The highest BCUT2D eigenvalue weighted by Crippen LogP contribution is 2.26. The molecule has 0 bridgehead atoms. The van der Waals surface area contributed by atoms with Crippen molar-refractivity contribution in [2.75, 3.05) is 5.32 Å².